The van der Waals surface area contributed by atoms with Gasteiger partial charge >= 0.3 is 6.18 Å². The summed E-state index contributed by atoms with van der Waals surface area (Å²) >= 11 is 0. The van der Waals surface area contributed by atoms with Crippen molar-refractivity contribution in [1.29, 1.82) is 0 Å². The topological polar surface area (TPSA) is 81.9 Å². The van der Waals surface area contributed by atoms with Gasteiger partial charge in [0.1, 0.15) is 5.75 Å². The quantitative estimate of drug-likeness (QED) is 0.543. The maximum atomic E-state index is 12.7. The molecule has 1 N–H and O–H groups in total. The largest absolute Gasteiger partial charge is 0.494 e. The lowest BCUT2D eigenvalue weighted by Crippen LogP contribution is -2.21. The van der Waals surface area contributed by atoms with Gasteiger partial charge in [0.05, 0.1) is 24.4 Å². The summed E-state index contributed by atoms with van der Waals surface area (Å²) in [5.41, 5.74) is -0.277. The Morgan fingerprint density at radius 1 is 1.15 bits per heavy atom. The maximum absolute atomic E-state index is 12.7. The number of nitrogens with one attached hydrogen (secondary N) is 1. The van der Waals surface area contributed by atoms with Crippen molar-refractivity contribution in [1.82, 2.24) is 20.0 Å². The Morgan fingerprint density at radius 2 is 1.88 bits per heavy atom. The van der Waals surface area contributed by atoms with Crippen LogP contribution in [0.1, 0.15) is 61.8 Å². The van der Waals surface area contributed by atoms with Gasteiger partial charge in [-0.25, -0.2) is 0 Å². The molecule has 0 saturated heterocycles. The minimum Gasteiger partial charge on any atom is -0.494 e. The molecule has 7 nitrogen and oxygen atoms in total. The van der Waals surface area contributed by atoms with Gasteiger partial charge in [-0.2, -0.15) is 18.3 Å². The number of carbonyl (C=O) groups is 1. The monoisotopic (exact) mass is 461 g/mol. The summed E-state index contributed by atoms with van der Waals surface area (Å²) in [6.07, 6.45) is 1.84. The van der Waals surface area contributed by atoms with E-state index >= 15 is 0 Å². The van der Waals surface area contributed by atoms with E-state index in [2.05, 4.69) is 29.4 Å². The van der Waals surface area contributed by atoms with Crippen LogP contribution in [0.25, 0.3) is 10.9 Å². The Morgan fingerprint density at radius 3 is 2.45 bits per heavy atom. The zero-order valence-corrected chi connectivity index (χ0v) is 18.7. The Kier molecular flexibility index (Phi) is 6.27. The van der Waals surface area contributed by atoms with Crippen molar-refractivity contribution in [3.8, 4) is 5.75 Å². The summed E-state index contributed by atoms with van der Waals surface area (Å²) in [6, 6.07) is 5.52. The van der Waals surface area contributed by atoms with E-state index in [1.165, 1.54) is 20.0 Å². The van der Waals surface area contributed by atoms with Crippen molar-refractivity contribution in [2.75, 3.05) is 12.4 Å². The smallest absolute Gasteiger partial charge is 0.435 e. The van der Waals surface area contributed by atoms with Crippen LogP contribution in [0.5, 0.6) is 5.75 Å². The minimum atomic E-state index is -4.62. The number of aromatic nitrogens is 4. The number of hydrogen-bond acceptors (Lipinski definition) is 5. The average Bonchev–Trinajstić information content (AvgIpc) is 3.21. The lowest BCUT2D eigenvalue weighted by atomic mass is 9.80. The average molecular weight is 461 g/mol. The molecule has 3 aromatic rings. The number of ether oxygens (including phenoxy) is 1. The molecule has 0 radical (unpaired) electrons. The highest BCUT2D eigenvalue weighted by Crippen LogP contribution is 2.37. The van der Waals surface area contributed by atoms with Gasteiger partial charge in [-0.15, -0.1) is 10.2 Å². The molecule has 1 aliphatic carbocycles. The van der Waals surface area contributed by atoms with E-state index < -0.39 is 17.8 Å². The molecule has 0 aliphatic heterocycles. The van der Waals surface area contributed by atoms with Gasteiger partial charge < -0.3 is 10.1 Å². The molecule has 0 unspecified atom stereocenters. The van der Waals surface area contributed by atoms with Crippen LogP contribution in [0.2, 0.25) is 0 Å². The second-order valence-electron chi connectivity index (χ2n) is 8.79. The van der Waals surface area contributed by atoms with Crippen LogP contribution in [0.15, 0.2) is 30.5 Å². The third-order valence-electron chi connectivity index (χ3n) is 6.34. The molecule has 176 valence electrons. The van der Waals surface area contributed by atoms with Crippen LogP contribution in [0.4, 0.5) is 18.9 Å². The van der Waals surface area contributed by atoms with E-state index in [9.17, 15) is 18.0 Å². The fourth-order valence-electron chi connectivity index (χ4n) is 4.35. The van der Waals surface area contributed by atoms with Gasteiger partial charge in [0.2, 0.25) is 0 Å². The van der Waals surface area contributed by atoms with Gasteiger partial charge in [-0.05, 0) is 55.7 Å². The number of anilines is 1. The predicted molar refractivity (Wildman–Crippen MR) is 117 cm³/mol. The first-order chi connectivity index (χ1) is 15.7. The number of alkyl halides is 3. The van der Waals surface area contributed by atoms with E-state index in [1.54, 1.807) is 12.1 Å². The number of methoxy groups -OCH3 is 1. The third-order valence-corrected chi connectivity index (χ3v) is 6.34. The zero-order valence-electron chi connectivity index (χ0n) is 18.7. The SMILES string of the molecule is COc1cc2nn([C@H]3CC[C@H](C(C)C)CC3)cc2cc1NC(=O)c1ccc(C(F)(F)F)nn1. The second kappa shape index (κ2) is 8.99. The van der Waals surface area contributed by atoms with Crippen LogP contribution in [-0.4, -0.2) is 33.0 Å². The minimum absolute atomic E-state index is 0.234. The molecule has 1 amide bonds. The second-order valence-corrected chi connectivity index (χ2v) is 8.79. The molecule has 33 heavy (non-hydrogen) atoms. The molecule has 1 saturated carbocycles. The van der Waals surface area contributed by atoms with Gasteiger partial charge in [0.25, 0.3) is 5.91 Å². The summed E-state index contributed by atoms with van der Waals surface area (Å²) in [6.45, 7) is 4.54. The molecule has 1 aliphatic rings. The summed E-state index contributed by atoms with van der Waals surface area (Å²) in [7, 11) is 1.47. The van der Waals surface area contributed by atoms with Crippen LogP contribution in [0, 0.1) is 11.8 Å². The molecule has 10 heteroatoms. The first kappa shape index (κ1) is 23.0. The number of nitrogens with zero attached hydrogens (tertiary/aromatic N) is 4. The molecule has 0 spiro atoms. The van der Waals surface area contributed by atoms with Gasteiger partial charge in [0, 0.05) is 17.6 Å². The van der Waals surface area contributed by atoms with Crippen LogP contribution < -0.4 is 10.1 Å². The first-order valence-electron chi connectivity index (χ1n) is 10.9. The maximum Gasteiger partial charge on any atom is 0.435 e. The van der Waals surface area contributed by atoms with Crippen molar-refractivity contribution >= 4 is 22.5 Å². The molecular formula is C23H26F3N5O2. The molecule has 1 aromatic carbocycles. The predicted octanol–water partition coefficient (Wildman–Crippen LogP) is 5.49. The number of rotatable bonds is 5. The highest BCUT2D eigenvalue weighted by Gasteiger charge is 2.33. The van der Waals surface area contributed by atoms with Crippen molar-refractivity contribution < 1.29 is 22.7 Å². The van der Waals surface area contributed by atoms with Crippen molar-refractivity contribution in [2.45, 2.75) is 51.7 Å². The molecule has 4 rings (SSSR count). The molecule has 0 bridgehead atoms. The normalized spacial score (nSPS) is 19.1. The van der Waals surface area contributed by atoms with Crippen LogP contribution >= 0.6 is 0 Å². The van der Waals surface area contributed by atoms with Gasteiger partial charge in [-0.3, -0.25) is 9.48 Å². The van der Waals surface area contributed by atoms with Crippen molar-refractivity contribution in [2.24, 2.45) is 11.8 Å². The number of fused-ring (bicyclic) bond motifs is 1. The molecular weight excluding hydrogens is 435 g/mol. The number of amides is 1. The number of hydrogen-bond donors (Lipinski definition) is 1. The van der Waals surface area contributed by atoms with Crippen molar-refractivity contribution in [3.63, 3.8) is 0 Å². The fourth-order valence-corrected chi connectivity index (χ4v) is 4.35. The third kappa shape index (κ3) is 4.94. The highest BCUT2D eigenvalue weighted by atomic mass is 19.4. The Labute approximate surface area is 189 Å². The Hall–Kier alpha value is -3.17. The lowest BCUT2D eigenvalue weighted by molar-refractivity contribution is -0.141. The zero-order chi connectivity index (χ0) is 23.8. The van der Waals surface area contributed by atoms with Crippen LogP contribution in [-0.2, 0) is 6.18 Å². The number of halogens is 3. The number of benzene rings is 1. The van der Waals surface area contributed by atoms with Gasteiger partial charge in [-0.1, -0.05) is 13.8 Å². The molecule has 2 heterocycles. The standard InChI is InChI=1S/C23H26F3N5O2/c1-13(2)14-4-6-16(7-5-14)31-12-15-10-19(20(33-3)11-18(15)30-31)27-22(32)17-8-9-21(29-28-17)23(24,25)26/h8-14,16H,4-7H2,1-3H3,(H,27,32)/t14-,16-. The summed E-state index contributed by atoms with van der Waals surface area (Å²) < 4.78 is 45.4. The highest BCUT2D eigenvalue weighted by molar-refractivity contribution is 6.04. The Bertz CT molecular complexity index is 1130. The van der Waals surface area contributed by atoms with E-state index in [-0.39, 0.29) is 5.69 Å². The number of carbonyl (C=O) groups excluding carboxylic acids is 1. The fraction of sp³-hybridized carbons (Fsp3) is 0.478. The van der Waals surface area contributed by atoms with Gasteiger partial charge in [0.15, 0.2) is 11.4 Å². The van der Waals surface area contributed by atoms with E-state index in [0.29, 0.717) is 23.4 Å². The molecule has 2 aromatic heterocycles. The van der Waals surface area contributed by atoms with E-state index in [1.807, 2.05) is 10.9 Å². The summed E-state index contributed by atoms with van der Waals surface area (Å²) in [4.78, 5) is 12.5. The van der Waals surface area contributed by atoms with Crippen LogP contribution in [0.3, 0.4) is 0 Å². The first-order valence-corrected chi connectivity index (χ1v) is 10.9. The van der Waals surface area contributed by atoms with E-state index in [4.69, 9.17) is 9.84 Å². The summed E-state index contributed by atoms with van der Waals surface area (Å²) in [5, 5.41) is 14.7. The van der Waals surface area contributed by atoms with Crippen molar-refractivity contribution in [3.05, 3.63) is 41.9 Å². The molecule has 1 fully saturated rings. The molecule has 0 atom stereocenters. The van der Waals surface area contributed by atoms with E-state index in [0.717, 1.165) is 41.8 Å². The lowest BCUT2D eigenvalue weighted by Gasteiger charge is -2.30. The Balaban J connectivity index is 1.54. The summed E-state index contributed by atoms with van der Waals surface area (Å²) in [5.74, 6) is 1.15.